The Labute approximate surface area is 179 Å². The molecule has 0 aliphatic carbocycles. The van der Waals surface area contributed by atoms with E-state index in [2.05, 4.69) is 32.0 Å². The lowest BCUT2D eigenvalue weighted by Crippen LogP contribution is -2.29. The molecule has 9 heteroatoms. The molecule has 158 valence electrons. The quantitative estimate of drug-likeness (QED) is 0.389. The zero-order valence-corrected chi connectivity index (χ0v) is 17.2. The van der Waals surface area contributed by atoms with Gasteiger partial charge in [0, 0.05) is 37.3 Å². The Balaban J connectivity index is 1.92. The maximum Gasteiger partial charge on any atom is 0.267 e. The maximum atomic E-state index is 11.7. The van der Waals surface area contributed by atoms with Gasteiger partial charge in [-0.05, 0) is 31.2 Å². The van der Waals surface area contributed by atoms with Crippen molar-refractivity contribution in [2.45, 2.75) is 18.9 Å². The number of amides is 2. The van der Waals surface area contributed by atoms with E-state index < -0.39 is 11.5 Å². The molecule has 31 heavy (non-hydrogen) atoms. The predicted octanol–water partition coefficient (Wildman–Crippen LogP) is 1.21. The van der Waals surface area contributed by atoms with Crippen molar-refractivity contribution >= 4 is 12.3 Å². The summed E-state index contributed by atoms with van der Waals surface area (Å²) >= 11 is 0. The van der Waals surface area contributed by atoms with Gasteiger partial charge in [-0.2, -0.15) is 5.10 Å². The fraction of sp³-hybridized carbons (Fsp3) is 0.227. The van der Waals surface area contributed by atoms with Crippen LogP contribution in [0.5, 0.6) is 0 Å². The fourth-order valence-corrected chi connectivity index (χ4v) is 2.69. The van der Waals surface area contributed by atoms with Crippen LogP contribution < -0.4 is 5.73 Å². The first-order valence-corrected chi connectivity index (χ1v) is 9.47. The van der Waals surface area contributed by atoms with Crippen molar-refractivity contribution in [1.82, 2.24) is 25.1 Å². The minimum Gasteiger partial charge on any atom is -0.378 e. The Bertz CT molecular complexity index is 1150. The van der Waals surface area contributed by atoms with Crippen molar-refractivity contribution in [3.63, 3.8) is 0 Å². The highest BCUT2D eigenvalue weighted by atomic mass is 16.3. The van der Waals surface area contributed by atoms with Gasteiger partial charge >= 0.3 is 0 Å². The van der Waals surface area contributed by atoms with Crippen LogP contribution in [0.25, 0.3) is 22.8 Å². The number of hydrogen-bond donors (Lipinski definition) is 3. The van der Waals surface area contributed by atoms with Crippen LogP contribution in [0.3, 0.4) is 0 Å². The van der Waals surface area contributed by atoms with Crippen molar-refractivity contribution < 1.29 is 14.7 Å². The number of benzene rings is 1. The van der Waals surface area contributed by atoms with E-state index in [1.165, 1.54) is 11.0 Å². The number of aliphatic hydroxyl groups is 1. The molecule has 2 amide bonds. The van der Waals surface area contributed by atoms with Crippen LogP contribution in [0.15, 0.2) is 42.6 Å². The molecule has 3 rings (SSSR count). The molecule has 0 fully saturated rings. The summed E-state index contributed by atoms with van der Waals surface area (Å²) in [5, 5.41) is 17.1. The summed E-state index contributed by atoms with van der Waals surface area (Å²) in [4.78, 5) is 32.7. The van der Waals surface area contributed by atoms with E-state index in [0.29, 0.717) is 47.7 Å². The molecule has 1 atom stereocenters. The van der Waals surface area contributed by atoms with Crippen molar-refractivity contribution in [2.75, 3.05) is 13.6 Å². The lowest BCUT2D eigenvalue weighted by atomic mass is 10.0. The molecule has 0 aliphatic rings. The van der Waals surface area contributed by atoms with Gasteiger partial charge in [0.25, 0.3) is 5.91 Å². The van der Waals surface area contributed by atoms with Crippen LogP contribution in [-0.4, -0.2) is 61.7 Å². The number of carbonyl (C=O) groups is 2. The summed E-state index contributed by atoms with van der Waals surface area (Å²) in [5.74, 6) is 5.42. The van der Waals surface area contributed by atoms with E-state index in [-0.39, 0.29) is 5.69 Å². The van der Waals surface area contributed by atoms with E-state index in [4.69, 9.17) is 5.73 Å². The molecule has 3 aromatic rings. The average molecular weight is 418 g/mol. The number of aromatic amines is 1. The summed E-state index contributed by atoms with van der Waals surface area (Å²) in [7, 11) is 1.64. The second-order valence-electron chi connectivity index (χ2n) is 7.24. The highest BCUT2D eigenvalue weighted by Crippen LogP contribution is 2.22. The molecule has 0 radical (unpaired) electrons. The summed E-state index contributed by atoms with van der Waals surface area (Å²) in [6.07, 6.45) is 2.59. The SMILES string of the molecule is CN(C=O)CCC(C)(O)C#Cc1cccc(-c2nc(C(N)=O)cc(-c3ccn[nH]3)n2)c1. The first kappa shape index (κ1) is 21.7. The highest BCUT2D eigenvalue weighted by molar-refractivity contribution is 5.92. The van der Waals surface area contributed by atoms with Gasteiger partial charge in [0.15, 0.2) is 5.82 Å². The molecule has 1 unspecified atom stereocenters. The molecule has 4 N–H and O–H groups in total. The Morgan fingerprint density at radius 2 is 2.13 bits per heavy atom. The number of rotatable bonds is 7. The van der Waals surface area contributed by atoms with Crippen LogP contribution in [0.1, 0.15) is 29.4 Å². The Morgan fingerprint density at radius 3 is 2.81 bits per heavy atom. The third kappa shape index (κ3) is 5.74. The van der Waals surface area contributed by atoms with Crippen LogP contribution >= 0.6 is 0 Å². The Hall–Kier alpha value is -4.03. The van der Waals surface area contributed by atoms with Crippen LogP contribution in [-0.2, 0) is 4.79 Å². The second kappa shape index (κ2) is 9.19. The van der Waals surface area contributed by atoms with Crippen LogP contribution in [0, 0.1) is 11.8 Å². The normalized spacial score (nSPS) is 12.4. The smallest absolute Gasteiger partial charge is 0.267 e. The van der Waals surface area contributed by atoms with E-state index in [1.807, 2.05) is 0 Å². The largest absolute Gasteiger partial charge is 0.378 e. The minimum absolute atomic E-state index is 0.0771. The van der Waals surface area contributed by atoms with Gasteiger partial charge < -0.3 is 15.7 Å². The standard InChI is InChI=1S/C22H22N6O3/c1-22(31,9-11-28(2)14-29)8-6-15-4-3-5-16(12-15)21-25-18(17-7-10-24-27-17)13-19(26-21)20(23)30/h3-5,7,10,12-14,31H,9,11H2,1-2H3,(H2,23,30)(H,24,27). The zero-order chi connectivity index (χ0) is 22.4. The van der Waals surface area contributed by atoms with Gasteiger partial charge in [-0.25, -0.2) is 9.97 Å². The molecule has 2 aromatic heterocycles. The molecule has 0 saturated heterocycles. The summed E-state index contributed by atoms with van der Waals surface area (Å²) in [6, 6.07) is 10.3. The van der Waals surface area contributed by atoms with Crippen molar-refractivity contribution in [2.24, 2.45) is 5.73 Å². The Morgan fingerprint density at radius 1 is 1.32 bits per heavy atom. The monoisotopic (exact) mass is 418 g/mol. The number of carbonyl (C=O) groups excluding carboxylic acids is 2. The Kier molecular flexibility index (Phi) is 6.43. The van der Waals surface area contributed by atoms with Gasteiger partial charge in [0.1, 0.15) is 11.3 Å². The number of nitrogens with two attached hydrogens (primary N) is 1. The summed E-state index contributed by atoms with van der Waals surface area (Å²) in [6.45, 7) is 1.98. The van der Waals surface area contributed by atoms with Crippen LogP contribution in [0.2, 0.25) is 0 Å². The molecular weight excluding hydrogens is 396 g/mol. The first-order valence-electron chi connectivity index (χ1n) is 9.47. The zero-order valence-electron chi connectivity index (χ0n) is 17.2. The number of aromatic nitrogens is 4. The summed E-state index contributed by atoms with van der Waals surface area (Å²) < 4.78 is 0. The molecule has 0 saturated carbocycles. The van der Waals surface area contributed by atoms with Gasteiger partial charge in [-0.1, -0.05) is 24.0 Å². The minimum atomic E-state index is -1.26. The second-order valence-corrected chi connectivity index (χ2v) is 7.24. The molecule has 0 spiro atoms. The fourth-order valence-electron chi connectivity index (χ4n) is 2.69. The first-order chi connectivity index (χ1) is 14.8. The third-order valence-corrected chi connectivity index (χ3v) is 4.48. The average Bonchev–Trinajstić information content (AvgIpc) is 3.31. The molecule has 0 aliphatic heterocycles. The van der Waals surface area contributed by atoms with Gasteiger partial charge in [-0.15, -0.1) is 0 Å². The summed E-state index contributed by atoms with van der Waals surface area (Å²) in [5.41, 5.74) is 6.63. The highest BCUT2D eigenvalue weighted by Gasteiger charge is 2.17. The van der Waals surface area contributed by atoms with Gasteiger partial charge in [0.2, 0.25) is 6.41 Å². The number of hydrogen-bond acceptors (Lipinski definition) is 6. The van der Waals surface area contributed by atoms with Crippen molar-refractivity contribution in [3.05, 3.63) is 53.9 Å². The number of H-pyrrole nitrogens is 1. The van der Waals surface area contributed by atoms with E-state index >= 15 is 0 Å². The van der Waals surface area contributed by atoms with Gasteiger partial charge in [-0.3, -0.25) is 14.7 Å². The van der Waals surface area contributed by atoms with Gasteiger partial charge in [0.05, 0.1) is 11.4 Å². The third-order valence-electron chi connectivity index (χ3n) is 4.48. The molecule has 1 aromatic carbocycles. The number of nitrogens with zero attached hydrogens (tertiary/aromatic N) is 4. The lowest BCUT2D eigenvalue weighted by Gasteiger charge is -2.19. The van der Waals surface area contributed by atoms with E-state index in [9.17, 15) is 14.7 Å². The molecule has 9 nitrogen and oxygen atoms in total. The van der Waals surface area contributed by atoms with Crippen LogP contribution in [0.4, 0.5) is 0 Å². The maximum absolute atomic E-state index is 11.7. The number of primary amides is 1. The topological polar surface area (TPSA) is 138 Å². The lowest BCUT2D eigenvalue weighted by molar-refractivity contribution is -0.117. The van der Waals surface area contributed by atoms with E-state index in [0.717, 1.165) is 0 Å². The van der Waals surface area contributed by atoms with Crippen molar-refractivity contribution in [1.29, 1.82) is 0 Å². The number of nitrogens with one attached hydrogen (secondary N) is 1. The van der Waals surface area contributed by atoms with E-state index in [1.54, 1.807) is 50.5 Å². The van der Waals surface area contributed by atoms with Crippen molar-refractivity contribution in [3.8, 4) is 34.6 Å². The molecule has 0 bridgehead atoms. The predicted molar refractivity (Wildman–Crippen MR) is 114 cm³/mol. The molecule has 2 heterocycles. The molecular formula is C22H22N6O3.